The lowest BCUT2D eigenvalue weighted by molar-refractivity contribution is -0.113. The Kier molecular flexibility index (Phi) is 8.57. The lowest BCUT2D eigenvalue weighted by Gasteiger charge is -2.22. The van der Waals surface area contributed by atoms with Gasteiger partial charge >= 0.3 is 0 Å². The molecule has 0 aliphatic rings. The van der Waals surface area contributed by atoms with Gasteiger partial charge in [-0.15, -0.1) is 10.2 Å². The van der Waals surface area contributed by atoms with Gasteiger partial charge in [-0.05, 0) is 42.7 Å². The average molecular weight is 502 g/mol. The fourth-order valence-electron chi connectivity index (χ4n) is 3.35. The van der Waals surface area contributed by atoms with E-state index in [1.807, 2.05) is 46.0 Å². The molecular weight excluding hydrogens is 474 g/mol. The Morgan fingerprint density at radius 3 is 2.59 bits per heavy atom. The number of carbonyl (C=O) groups excluding carboxylic acids is 2. The van der Waals surface area contributed by atoms with Gasteiger partial charge in [0.2, 0.25) is 5.91 Å². The first-order valence-electron chi connectivity index (χ1n) is 10.7. The molecule has 2 aromatic carbocycles. The first-order chi connectivity index (χ1) is 16.2. The van der Waals surface area contributed by atoms with Gasteiger partial charge in [0.05, 0.1) is 35.2 Å². The zero-order valence-corrected chi connectivity index (χ0v) is 21.3. The number of hydrogen-bond acceptors (Lipinski definition) is 6. The SMILES string of the molecule is COc1ccc(C)cc1NC(=O)CSc1nnc([C@H](NC(=O)c2ccccc2Cl)C(C)C)n1C. The molecule has 0 fully saturated rings. The van der Waals surface area contributed by atoms with Crippen molar-refractivity contribution in [2.24, 2.45) is 13.0 Å². The lowest BCUT2D eigenvalue weighted by atomic mass is 10.0. The van der Waals surface area contributed by atoms with E-state index in [-0.39, 0.29) is 29.5 Å². The molecule has 1 heterocycles. The summed E-state index contributed by atoms with van der Waals surface area (Å²) in [6, 6.07) is 12.1. The number of aryl methyl sites for hydroxylation is 1. The molecule has 0 saturated carbocycles. The first-order valence-corrected chi connectivity index (χ1v) is 12.1. The zero-order valence-electron chi connectivity index (χ0n) is 19.8. The minimum Gasteiger partial charge on any atom is -0.495 e. The van der Waals surface area contributed by atoms with Crippen molar-refractivity contribution in [3.63, 3.8) is 0 Å². The van der Waals surface area contributed by atoms with Gasteiger partial charge in [-0.2, -0.15) is 0 Å². The predicted molar refractivity (Wildman–Crippen MR) is 135 cm³/mol. The van der Waals surface area contributed by atoms with Gasteiger partial charge in [-0.1, -0.05) is 55.4 Å². The molecule has 2 N–H and O–H groups in total. The van der Waals surface area contributed by atoms with Gasteiger partial charge in [0.25, 0.3) is 5.91 Å². The number of thioether (sulfide) groups is 1. The number of hydrogen-bond donors (Lipinski definition) is 2. The number of methoxy groups -OCH3 is 1. The van der Waals surface area contributed by atoms with Gasteiger partial charge in [0.15, 0.2) is 11.0 Å². The number of anilines is 1. The molecule has 3 rings (SSSR count). The normalized spacial score (nSPS) is 11.9. The highest BCUT2D eigenvalue weighted by atomic mass is 35.5. The highest BCUT2D eigenvalue weighted by molar-refractivity contribution is 7.99. The molecule has 0 bridgehead atoms. The monoisotopic (exact) mass is 501 g/mol. The summed E-state index contributed by atoms with van der Waals surface area (Å²) in [4.78, 5) is 25.4. The highest BCUT2D eigenvalue weighted by Gasteiger charge is 2.26. The summed E-state index contributed by atoms with van der Waals surface area (Å²) in [7, 11) is 3.38. The van der Waals surface area contributed by atoms with Crippen LogP contribution in [0.3, 0.4) is 0 Å². The molecule has 34 heavy (non-hydrogen) atoms. The largest absolute Gasteiger partial charge is 0.495 e. The first kappa shape index (κ1) is 25.6. The molecule has 0 aliphatic heterocycles. The summed E-state index contributed by atoms with van der Waals surface area (Å²) in [6.07, 6.45) is 0. The second-order valence-electron chi connectivity index (χ2n) is 8.12. The number of halogens is 1. The van der Waals surface area contributed by atoms with Crippen LogP contribution in [0.1, 0.15) is 41.6 Å². The fraction of sp³-hybridized carbons (Fsp3) is 0.333. The third-order valence-electron chi connectivity index (χ3n) is 5.18. The summed E-state index contributed by atoms with van der Waals surface area (Å²) < 4.78 is 7.11. The van der Waals surface area contributed by atoms with Gasteiger partial charge in [0.1, 0.15) is 5.75 Å². The molecule has 3 aromatic rings. The highest BCUT2D eigenvalue weighted by Crippen LogP contribution is 2.27. The van der Waals surface area contributed by atoms with Gasteiger partial charge in [-0.25, -0.2) is 0 Å². The zero-order chi connectivity index (χ0) is 24.8. The number of benzene rings is 2. The number of aromatic nitrogens is 3. The van der Waals surface area contributed by atoms with Gasteiger partial charge in [0, 0.05) is 7.05 Å². The van der Waals surface area contributed by atoms with Crippen LogP contribution in [0.25, 0.3) is 0 Å². The smallest absolute Gasteiger partial charge is 0.253 e. The average Bonchev–Trinajstić information content (AvgIpc) is 3.16. The van der Waals surface area contributed by atoms with Crippen molar-refractivity contribution in [2.45, 2.75) is 32.0 Å². The third kappa shape index (κ3) is 6.09. The lowest BCUT2D eigenvalue weighted by Crippen LogP contribution is -2.33. The molecule has 8 nitrogen and oxygen atoms in total. The number of amides is 2. The summed E-state index contributed by atoms with van der Waals surface area (Å²) >= 11 is 7.44. The van der Waals surface area contributed by atoms with Crippen LogP contribution >= 0.6 is 23.4 Å². The Balaban J connectivity index is 1.69. The van der Waals surface area contributed by atoms with Crippen molar-refractivity contribution in [3.05, 3.63) is 64.4 Å². The van der Waals surface area contributed by atoms with Crippen LogP contribution in [0.4, 0.5) is 5.69 Å². The van der Waals surface area contributed by atoms with E-state index in [1.165, 1.54) is 11.8 Å². The number of ether oxygens (including phenoxy) is 1. The van der Waals surface area contributed by atoms with Crippen LogP contribution < -0.4 is 15.4 Å². The van der Waals surface area contributed by atoms with E-state index in [9.17, 15) is 9.59 Å². The van der Waals surface area contributed by atoms with Crippen LogP contribution in [-0.2, 0) is 11.8 Å². The van der Waals surface area contributed by atoms with Crippen molar-refractivity contribution >= 4 is 40.9 Å². The summed E-state index contributed by atoms with van der Waals surface area (Å²) in [6.45, 7) is 5.92. The van der Waals surface area contributed by atoms with Crippen LogP contribution in [0.15, 0.2) is 47.6 Å². The maximum absolute atomic E-state index is 12.8. The van der Waals surface area contributed by atoms with E-state index in [2.05, 4.69) is 20.8 Å². The quantitative estimate of drug-likeness (QED) is 0.414. The molecule has 0 aliphatic carbocycles. The van der Waals surface area contributed by atoms with Gasteiger partial charge < -0.3 is 19.9 Å². The fourth-order valence-corrected chi connectivity index (χ4v) is 4.29. The summed E-state index contributed by atoms with van der Waals surface area (Å²) in [5.74, 6) is 0.905. The van der Waals surface area contributed by atoms with E-state index in [4.69, 9.17) is 16.3 Å². The number of carbonyl (C=O) groups is 2. The molecule has 1 aromatic heterocycles. The Hall–Kier alpha value is -3.04. The van der Waals surface area contributed by atoms with Crippen LogP contribution in [0, 0.1) is 12.8 Å². The van der Waals surface area contributed by atoms with E-state index in [0.29, 0.717) is 33.0 Å². The number of rotatable bonds is 9. The second-order valence-corrected chi connectivity index (χ2v) is 9.47. The maximum atomic E-state index is 12.8. The second kappa shape index (κ2) is 11.4. The molecule has 180 valence electrons. The topological polar surface area (TPSA) is 98.1 Å². The molecule has 0 spiro atoms. The minimum absolute atomic E-state index is 0.0456. The molecule has 0 saturated heterocycles. The standard InChI is InChI=1S/C24H28ClN5O3S/c1-14(2)21(27-23(32)16-8-6-7-9-17(16)25)22-28-29-24(30(22)4)34-13-20(31)26-18-12-15(3)10-11-19(18)33-5/h6-12,14,21H,13H2,1-5H3,(H,26,31)(H,27,32)/t21-/m1/s1. The van der Waals surface area contributed by atoms with Crippen molar-refractivity contribution in [1.29, 1.82) is 0 Å². The van der Waals surface area contributed by atoms with Gasteiger partial charge in [-0.3, -0.25) is 9.59 Å². The summed E-state index contributed by atoms with van der Waals surface area (Å²) in [5, 5.41) is 15.4. The molecule has 0 unspecified atom stereocenters. The Morgan fingerprint density at radius 2 is 1.91 bits per heavy atom. The molecular formula is C24H28ClN5O3S. The van der Waals surface area contributed by atoms with E-state index in [0.717, 1.165) is 5.56 Å². The Bertz CT molecular complexity index is 1180. The minimum atomic E-state index is -0.388. The van der Waals surface area contributed by atoms with Crippen molar-refractivity contribution in [1.82, 2.24) is 20.1 Å². The third-order valence-corrected chi connectivity index (χ3v) is 6.53. The molecule has 1 atom stereocenters. The number of nitrogens with zero attached hydrogens (tertiary/aromatic N) is 3. The van der Waals surface area contributed by atoms with E-state index >= 15 is 0 Å². The summed E-state index contributed by atoms with van der Waals surface area (Å²) in [5.41, 5.74) is 2.03. The van der Waals surface area contributed by atoms with Crippen molar-refractivity contribution in [3.8, 4) is 5.75 Å². The number of nitrogens with one attached hydrogen (secondary N) is 2. The van der Waals surface area contributed by atoms with Crippen molar-refractivity contribution < 1.29 is 14.3 Å². The van der Waals surface area contributed by atoms with Crippen LogP contribution in [-0.4, -0.2) is 39.4 Å². The van der Waals surface area contributed by atoms with E-state index < -0.39 is 0 Å². The Labute approximate surface area is 208 Å². The maximum Gasteiger partial charge on any atom is 0.253 e. The van der Waals surface area contributed by atoms with Crippen LogP contribution in [0.5, 0.6) is 5.75 Å². The molecule has 2 amide bonds. The van der Waals surface area contributed by atoms with Crippen LogP contribution in [0.2, 0.25) is 5.02 Å². The molecule has 10 heteroatoms. The predicted octanol–water partition coefficient (Wildman–Crippen LogP) is 4.64. The van der Waals surface area contributed by atoms with E-state index in [1.54, 1.807) is 35.9 Å². The van der Waals surface area contributed by atoms with Crippen molar-refractivity contribution in [2.75, 3.05) is 18.2 Å². The Morgan fingerprint density at radius 1 is 1.18 bits per heavy atom. The molecule has 0 radical (unpaired) electrons.